The Balaban J connectivity index is 1.75. The molecule has 146 valence electrons. The third kappa shape index (κ3) is 5.06. The van der Waals surface area contributed by atoms with E-state index in [1.165, 1.54) is 19.3 Å². The molecule has 0 aromatic heterocycles. The minimum absolute atomic E-state index is 0.0297. The van der Waals surface area contributed by atoms with E-state index in [4.69, 9.17) is 4.74 Å². The van der Waals surface area contributed by atoms with E-state index in [2.05, 4.69) is 10.4 Å². The molecule has 26 heavy (non-hydrogen) atoms. The van der Waals surface area contributed by atoms with Gasteiger partial charge in [-0.3, -0.25) is 5.43 Å². The number of methoxy groups -OCH3 is 1. The molecule has 1 aliphatic carbocycles. The van der Waals surface area contributed by atoms with E-state index >= 15 is 0 Å². The molecule has 1 saturated heterocycles. The Bertz CT molecular complexity index is 644. The van der Waals surface area contributed by atoms with Gasteiger partial charge in [0.25, 0.3) is 0 Å². The number of hydrazine groups is 1. The van der Waals surface area contributed by atoms with Crippen molar-refractivity contribution in [3.63, 3.8) is 0 Å². The van der Waals surface area contributed by atoms with Gasteiger partial charge >= 0.3 is 0 Å². The number of ether oxygens (including phenoxy) is 1. The summed E-state index contributed by atoms with van der Waals surface area (Å²) in [4.78, 5) is 0.428. The summed E-state index contributed by atoms with van der Waals surface area (Å²) in [6, 6.07) is 9.17. The van der Waals surface area contributed by atoms with Crippen LogP contribution in [0, 0.1) is 5.92 Å². The number of sulfone groups is 1. The second kappa shape index (κ2) is 9.31. The number of nitrogens with zero attached hydrogens (tertiary/aromatic N) is 1. The van der Waals surface area contributed by atoms with E-state index in [1.54, 1.807) is 31.4 Å². The lowest BCUT2D eigenvalue weighted by molar-refractivity contribution is 0.0603. The van der Waals surface area contributed by atoms with Crippen LogP contribution in [0.4, 0.5) is 0 Å². The Morgan fingerprint density at radius 1 is 1.12 bits per heavy atom. The van der Waals surface area contributed by atoms with Crippen molar-refractivity contribution in [2.24, 2.45) is 5.92 Å². The minimum atomic E-state index is -3.30. The second-order valence-corrected chi connectivity index (χ2v) is 9.71. The van der Waals surface area contributed by atoms with Crippen LogP contribution in [0.1, 0.15) is 44.9 Å². The standard InChI is InChI=1S/C20H32N2O3S/c1-25-15-18-11-8-14-22(18)21-20(17-9-4-2-5-10-17)16-26(23,24)19-12-6-3-7-13-19/h3,6-7,12-13,17-18,20-21H,2,4-5,8-11,14-16H2,1H3/t18-,20+/m0/s1. The highest BCUT2D eigenvalue weighted by molar-refractivity contribution is 7.91. The van der Waals surface area contributed by atoms with Crippen LogP contribution in [0.5, 0.6) is 0 Å². The van der Waals surface area contributed by atoms with Gasteiger partial charge in [0, 0.05) is 25.7 Å². The van der Waals surface area contributed by atoms with E-state index in [0.717, 1.165) is 32.2 Å². The molecule has 2 fully saturated rings. The van der Waals surface area contributed by atoms with Crippen molar-refractivity contribution in [1.29, 1.82) is 0 Å². The molecule has 0 amide bonds. The first-order valence-corrected chi connectivity index (χ1v) is 11.5. The maximum atomic E-state index is 13.0. The average molecular weight is 381 g/mol. The first-order valence-electron chi connectivity index (χ1n) is 9.90. The van der Waals surface area contributed by atoms with Crippen molar-refractivity contribution >= 4 is 9.84 Å². The summed E-state index contributed by atoms with van der Waals surface area (Å²) < 4.78 is 31.3. The molecule has 1 aromatic carbocycles. The van der Waals surface area contributed by atoms with Gasteiger partial charge in [-0.1, -0.05) is 37.5 Å². The quantitative estimate of drug-likeness (QED) is 0.751. The third-order valence-electron chi connectivity index (χ3n) is 5.79. The summed E-state index contributed by atoms with van der Waals surface area (Å²) in [7, 11) is -1.57. The van der Waals surface area contributed by atoms with Gasteiger partial charge in [0.05, 0.1) is 17.3 Å². The maximum Gasteiger partial charge on any atom is 0.179 e. The van der Waals surface area contributed by atoms with Crippen LogP contribution in [-0.4, -0.2) is 51.5 Å². The molecule has 0 radical (unpaired) electrons. The topological polar surface area (TPSA) is 58.6 Å². The maximum absolute atomic E-state index is 13.0. The molecule has 2 atom stereocenters. The Labute approximate surface area is 158 Å². The molecule has 1 heterocycles. The number of hydrogen-bond acceptors (Lipinski definition) is 5. The summed E-state index contributed by atoms with van der Waals surface area (Å²) in [6.07, 6.45) is 8.14. The fraction of sp³-hybridized carbons (Fsp3) is 0.700. The number of rotatable bonds is 8. The fourth-order valence-electron chi connectivity index (χ4n) is 4.36. The van der Waals surface area contributed by atoms with Crippen molar-refractivity contribution in [3.05, 3.63) is 30.3 Å². The van der Waals surface area contributed by atoms with Gasteiger partial charge in [-0.2, -0.15) is 0 Å². The second-order valence-electron chi connectivity index (χ2n) is 7.67. The molecular formula is C20H32N2O3S. The van der Waals surface area contributed by atoms with Gasteiger partial charge in [-0.05, 0) is 43.7 Å². The fourth-order valence-corrected chi connectivity index (χ4v) is 5.94. The van der Waals surface area contributed by atoms with E-state index in [-0.39, 0.29) is 11.8 Å². The third-order valence-corrected chi connectivity index (χ3v) is 7.58. The van der Waals surface area contributed by atoms with Crippen molar-refractivity contribution in [2.45, 2.75) is 61.9 Å². The lowest BCUT2D eigenvalue weighted by atomic mass is 9.85. The molecule has 5 nitrogen and oxygen atoms in total. The van der Waals surface area contributed by atoms with E-state index in [0.29, 0.717) is 23.5 Å². The zero-order chi connectivity index (χ0) is 18.4. The zero-order valence-electron chi connectivity index (χ0n) is 15.8. The smallest absolute Gasteiger partial charge is 0.179 e. The van der Waals surface area contributed by atoms with Gasteiger partial charge in [-0.25, -0.2) is 13.4 Å². The van der Waals surface area contributed by atoms with Gasteiger partial charge in [-0.15, -0.1) is 0 Å². The first kappa shape index (κ1) is 19.8. The van der Waals surface area contributed by atoms with Crippen molar-refractivity contribution in [3.8, 4) is 0 Å². The normalized spacial score (nSPS) is 24.0. The predicted octanol–water partition coefficient (Wildman–Crippen LogP) is 3.02. The lowest BCUT2D eigenvalue weighted by Gasteiger charge is -2.36. The van der Waals surface area contributed by atoms with Crippen molar-refractivity contribution < 1.29 is 13.2 Å². The SMILES string of the molecule is COC[C@@H]1CCCN1N[C@H](CS(=O)(=O)c1ccccc1)C1CCCCC1. The summed E-state index contributed by atoms with van der Waals surface area (Å²) in [6.45, 7) is 1.65. The zero-order valence-corrected chi connectivity index (χ0v) is 16.6. The molecule has 0 unspecified atom stereocenters. The number of hydrogen-bond donors (Lipinski definition) is 1. The first-order chi connectivity index (χ1) is 12.6. The largest absolute Gasteiger partial charge is 0.383 e. The van der Waals surface area contributed by atoms with Crippen LogP contribution in [0.3, 0.4) is 0 Å². The van der Waals surface area contributed by atoms with Crippen LogP contribution in [0.25, 0.3) is 0 Å². The van der Waals surface area contributed by atoms with E-state index in [1.807, 2.05) is 6.07 Å². The molecule has 1 aliphatic heterocycles. The van der Waals surface area contributed by atoms with Crippen LogP contribution in [-0.2, 0) is 14.6 Å². The number of benzene rings is 1. The highest BCUT2D eigenvalue weighted by Crippen LogP contribution is 2.29. The van der Waals surface area contributed by atoms with Gasteiger partial charge < -0.3 is 4.74 Å². The monoisotopic (exact) mass is 380 g/mol. The molecular weight excluding hydrogens is 348 g/mol. The molecule has 1 N–H and O–H groups in total. The Hall–Kier alpha value is -0.950. The number of nitrogens with one attached hydrogen (secondary N) is 1. The van der Waals surface area contributed by atoms with E-state index in [9.17, 15) is 8.42 Å². The molecule has 1 saturated carbocycles. The predicted molar refractivity (Wildman–Crippen MR) is 104 cm³/mol. The summed E-state index contributed by atoms with van der Waals surface area (Å²) >= 11 is 0. The van der Waals surface area contributed by atoms with Crippen LogP contribution >= 0.6 is 0 Å². The van der Waals surface area contributed by atoms with Gasteiger partial charge in [0.1, 0.15) is 0 Å². The molecule has 2 aliphatic rings. The average Bonchev–Trinajstić information content (AvgIpc) is 3.10. The summed E-state index contributed by atoms with van der Waals surface area (Å²) in [5.41, 5.74) is 3.62. The minimum Gasteiger partial charge on any atom is -0.383 e. The van der Waals surface area contributed by atoms with Gasteiger partial charge in [0.15, 0.2) is 9.84 Å². The molecule has 0 spiro atoms. The van der Waals surface area contributed by atoms with Gasteiger partial charge in [0.2, 0.25) is 0 Å². The highest BCUT2D eigenvalue weighted by Gasteiger charge is 2.33. The Kier molecular flexibility index (Phi) is 7.09. The molecule has 3 rings (SSSR count). The Morgan fingerprint density at radius 3 is 2.54 bits per heavy atom. The summed E-state index contributed by atoms with van der Waals surface area (Å²) in [5, 5.41) is 2.24. The summed E-state index contributed by atoms with van der Waals surface area (Å²) in [5.74, 6) is 0.587. The highest BCUT2D eigenvalue weighted by atomic mass is 32.2. The molecule has 1 aromatic rings. The van der Waals surface area contributed by atoms with Crippen molar-refractivity contribution in [1.82, 2.24) is 10.4 Å². The van der Waals surface area contributed by atoms with Crippen LogP contribution in [0.15, 0.2) is 35.2 Å². The van der Waals surface area contributed by atoms with E-state index < -0.39 is 9.84 Å². The molecule has 0 bridgehead atoms. The van der Waals surface area contributed by atoms with Crippen molar-refractivity contribution in [2.75, 3.05) is 26.0 Å². The van der Waals surface area contributed by atoms with Crippen LogP contribution < -0.4 is 5.43 Å². The van der Waals surface area contributed by atoms with Crippen LogP contribution in [0.2, 0.25) is 0 Å². The Morgan fingerprint density at radius 2 is 1.85 bits per heavy atom. The molecule has 6 heteroatoms. The lowest BCUT2D eigenvalue weighted by Crippen LogP contribution is -2.53.